The number of nitrogens with one attached hydrogen (secondary N) is 1. The molecule has 0 bridgehead atoms. The Balaban J connectivity index is 2.02. The monoisotopic (exact) mass is 402 g/mol. The van der Waals surface area contributed by atoms with E-state index in [0.29, 0.717) is 17.9 Å². The number of rotatable bonds is 5. The highest BCUT2D eigenvalue weighted by molar-refractivity contribution is 7.89. The molecule has 150 valence electrons. The summed E-state index contributed by atoms with van der Waals surface area (Å²) in [5.74, 6) is 0.422. The maximum atomic E-state index is 13.3. The molecule has 0 atom stereocenters. The topological polar surface area (TPSA) is 75.7 Å². The van der Waals surface area contributed by atoms with Gasteiger partial charge in [-0.25, -0.2) is 13.1 Å². The second-order valence-electron chi connectivity index (χ2n) is 7.28. The van der Waals surface area contributed by atoms with Gasteiger partial charge in [-0.05, 0) is 69.0 Å². The van der Waals surface area contributed by atoms with Crippen molar-refractivity contribution in [2.24, 2.45) is 0 Å². The molecule has 0 spiro atoms. The zero-order chi connectivity index (χ0) is 20.5. The third kappa shape index (κ3) is 3.91. The van der Waals surface area contributed by atoms with Gasteiger partial charge in [-0.1, -0.05) is 12.1 Å². The number of benzene rings is 2. The number of amides is 1. The number of hydrogen-bond donors (Lipinski definition) is 1. The largest absolute Gasteiger partial charge is 0.495 e. The minimum absolute atomic E-state index is 0.0838. The van der Waals surface area contributed by atoms with Gasteiger partial charge < -0.3 is 9.64 Å². The standard InChI is InChI=1S/C21H26N2O4S/c1-14(2)22-28(25,26)17-8-5-7-16(13-17)21(24)23-12-6-9-18-15(3)10-11-19(27-4)20(18)23/h5,7-8,10-11,13-14,22H,6,9,12H2,1-4H3. The van der Waals surface area contributed by atoms with Crippen LogP contribution >= 0.6 is 0 Å². The van der Waals surface area contributed by atoms with Crippen molar-refractivity contribution in [3.8, 4) is 5.75 Å². The van der Waals surface area contributed by atoms with Gasteiger partial charge in [0.1, 0.15) is 5.75 Å². The predicted molar refractivity (Wildman–Crippen MR) is 110 cm³/mol. The van der Waals surface area contributed by atoms with Crippen LogP contribution in [-0.2, 0) is 16.4 Å². The van der Waals surface area contributed by atoms with Gasteiger partial charge in [0, 0.05) is 18.2 Å². The molecular weight excluding hydrogens is 376 g/mol. The van der Waals surface area contributed by atoms with E-state index in [1.54, 1.807) is 38.0 Å². The van der Waals surface area contributed by atoms with E-state index in [1.807, 2.05) is 19.1 Å². The number of hydrogen-bond acceptors (Lipinski definition) is 4. The van der Waals surface area contributed by atoms with Gasteiger partial charge in [-0.15, -0.1) is 0 Å². The van der Waals surface area contributed by atoms with Crippen LogP contribution in [0.15, 0.2) is 41.3 Å². The fourth-order valence-electron chi connectivity index (χ4n) is 3.55. The summed E-state index contributed by atoms with van der Waals surface area (Å²) in [7, 11) is -2.08. The molecule has 0 saturated carbocycles. The number of nitrogens with zero attached hydrogens (tertiary/aromatic N) is 1. The quantitative estimate of drug-likeness (QED) is 0.833. The Kier molecular flexibility index (Phi) is 5.76. The van der Waals surface area contributed by atoms with Crippen LogP contribution in [0.2, 0.25) is 0 Å². The van der Waals surface area contributed by atoms with Crippen LogP contribution in [-0.4, -0.2) is 34.0 Å². The molecule has 0 aromatic heterocycles. The van der Waals surface area contributed by atoms with E-state index >= 15 is 0 Å². The maximum absolute atomic E-state index is 13.3. The van der Waals surface area contributed by atoms with Crippen molar-refractivity contribution in [2.75, 3.05) is 18.6 Å². The summed E-state index contributed by atoms with van der Waals surface area (Å²) in [5.41, 5.74) is 3.34. The third-order valence-corrected chi connectivity index (χ3v) is 6.46. The summed E-state index contributed by atoms with van der Waals surface area (Å²) in [6.45, 7) is 6.10. The van der Waals surface area contributed by atoms with Crippen molar-refractivity contribution >= 4 is 21.6 Å². The molecule has 1 aliphatic rings. The van der Waals surface area contributed by atoms with Gasteiger partial charge in [0.2, 0.25) is 10.0 Å². The number of anilines is 1. The molecule has 2 aromatic carbocycles. The van der Waals surface area contributed by atoms with E-state index in [4.69, 9.17) is 4.74 Å². The number of fused-ring (bicyclic) bond motifs is 1. The van der Waals surface area contributed by atoms with Crippen LogP contribution < -0.4 is 14.4 Å². The van der Waals surface area contributed by atoms with Crippen LogP contribution in [0.1, 0.15) is 41.8 Å². The summed E-state index contributed by atoms with van der Waals surface area (Å²) < 4.78 is 33.0. The molecule has 0 fully saturated rings. The molecule has 1 heterocycles. The molecule has 6 nitrogen and oxygen atoms in total. The number of aryl methyl sites for hydroxylation is 1. The first-order chi connectivity index (χ1) is 13.2. The second kappa shape index (κ2) is 7.93. The van der Waals surface area contributed by atoms with Gasteiger partial charge in [0.25, 0.3) is 5.91 Å². The van der Waals surface area contributed by atoms with Gasteiger partial charge in [-0.3, -0.25) is 4.79 Å². The minimum Gasteiger partial charge on any atom is -0.495 e. The van der Waals surface area contributed by atoms with E-state index in [-0.39, 0.29) is 16.8 Å². The van der Waals surface area contributed by atoms with E-state index in [1.165, 1.54) is 12.1 Å². The average Bonchev–Trinajstić information content (AvgIpc) is 2.67. The molecule has 0 saturated heterocycles. The Morgan fingerprint density at radius 3 is 2.64 bits per heavy atom. The first kappa shape index (κ1) is 20.4. The Morgan fingerprint density at radius 1 is 1.21 bits per heavy atom. The van der Waals surface area contributed by atoms with Gasteiger partial charge >= 0.3 is 0 Å². The zero-order valence-electron chi connectivity index (χ0n) is 16.7. The normalized spacial score (nSPS) is 14.1. The van der Waals surface area contributed by atoms with E-state index in [9.17, 15) is 13.2 Å². The summed E-state index contributed by atoms with van der Waals surface area (Å²) in [5, 5.41) is 0. The van der Waals surface area contributed by atoms with Crippen molar-refractivity contribution in [3.63, 3.8) is 0 Å². The van der Waals surface area contributed by atoms with E-state index < -0.39 is 10.0 Å². The fraction of sp³-hybridized carbons (Fsp3) is 0.381. The first-order valence-electron chi connectivity index (χ1n) is 9.35. The van der Waals surface area contributed by atoms with Crippen LogP contribution in [0.5, 0.6) is 5.75 Å². The van der Waals surface area contributed by atoms with Crippen molar-refractivity contribution < 1.29 is 17.9 Å². The smallest absolute Gasteiger partial charge is 0.258 e. The lowest BCUT2D eigenvalue weighted by molar-refractivity contribution is 0.0984. The Morgan fingerprint density at radius 2 is 1.96 bits per heavy atom. The average molecular weight is 403 g/mol. The van der Waals surface area contributed by atoms with Crippen molar-refractivity contribution in [2.45, 2.75) is 44.6 Å². The van der Waals surface area contributed by atoms with Crippen LogP contribution in [0, 0.1) is 6.92 Å². The molecule has 7 heteroatoms. The zero-order valence-corrected chi connectivity index (χ0v) is 17.5. The number of ether oxygens (including phenoxy) is 1. The molecule has 28 heavy (non-hydrogen) atoms. The van der Waals surface area contributed by atoms with Gasteiger partial charge in [0.05, 0.1) is 17.7 Å². The van der Waals surface area contributed by atoms with Crippen LogP contribution in [0.3, 0.4) is 0 Å². The molecule has 3 rings (SSSR count). The van der Waals surface area contributed by atoms with E-state index in [2.05, 4.69) is 4.72 Å². The Bertz CT molecular complexity index is 999. The predicted octanol–water partition coefficient (Wildman–Crippen LogP) is 3.28. The lowest BCUT2D eigenvalue weighted by Crippen LogP contribution is -2.36. The molecular formula is C21H26N2O4S. The molecule has 0 radical (unpaired) electrons. The second-order valence-corrected chi connectivity index (χ2v) is 8.99. The minimum atomic E-state index is -3.67. The Labute approximate surface area is 166 Å². The Hall–Kier alpha value is -2.38. The third-order valence-electron chi connectivity index (χ3n) is 4.81. The number of methoxy groups -OCH3 is 1. The highest BCUT2D eigenvalue weighted by Crippen LogP contribution is 2.39. The molecule has 1 N–H and O–H groups in total. The molecule has 0 aliphatic carbocycles. The van der Waals surface area contributed by atoms with E-state index in [0.717, 1.165) is 29.7 Å². The van der Waals surface area contributed by atoms with Crippen LogP contribution in [0.4, 0.5) is 5.69 Å². The number of sulfonamides is 1. The number of carbonyl (C=O) groups excluding carboxylic acids is 1. The SMILES string of the molecule is COc1ccc(C)c2c1N(C(=O)c1cccc(S(=O)(=O)NC(C)C)c1)CCC2. The summed E-state index contributed by atoms with van der Waals surface area (Å²) in [4.78, 5) is 15.1. The molecule has 1 amide bonds. The maximum Gasteiger partial charge on any atom is 0.258 e. The molecule has 1 aliphatic heterocycles. The first-order valence-corrected chi connectivity index (χ1v) is 10.8. The fourth-order valence-corrected chi connectivity index (χ4v) is 4.85. The number of carbonyl (C=O) groups is 1. The highest BCUT2D eigenvalue weighted by Gasteiger charge is 2.28. The van der Waals surface area contributed by atoms with Crippen LogP contribution in [0.25, 0.3) is 0 Å². The summed E-state index contributed by atoms with van der Waals surface area (Å²) in [6.07, 6.45) is 1.73. The van der Waals surface area contributed by atoms with Gasteiger partial charge in [-0.2, -0.15) is 0 Å². The summed E-state index contributed by atoms with van der Waals surface area (Å²) >= 11 is 0. The lowest BCUT2D eigenvalue weighted by Gasteiger charge is -2.32. The molecule has 2 aromatic rings. The van der Waals surface area contributed by atoms with Gasteiger partial charge in [0.15, 0.2) is 0 Å². The summed E-state index contributed by atoms with van der Waals surface area (Å²) in [6, 6.07) is 9.81. The van der Waals surface area contributed by atoms with Crippen molar-refractivity contribution in [3.05, 3.63) is 53.1 Å². The van der Waals surface area contributed by atoms with Crippen molar-refractivity contribution in [1.29, 1.82) is 0 Å². The molecule has 0 unspecified atom stereocenters. The highest BCUT2D eigenvalue weighted by atomic mass is 32.2. The van der Waals surface area contributed by atoms with Crippen molar-refractivity contribution in [1.82, 2.24) is 4.72 Å². The lowest BCUT2D eigenvalue weighted by atomic mass is 9.95.